The standard InChI is InChI=1S/C21H34N4O/c1-15(2)18-8-4-5-9-19(18)24-21(26)23-17-11-13-25(14-12-17)20-10-6-7-16(3)22-20/h6-7,10,15,17-19H,4-5,8-9,11-14H2,1-3H3,(H2,23,24,26). The lowest BCUT2D eigenvalue weighted by Gasteiger charge is -2.36. The summed E-state index contributed by atoms with van der Waals surface area (Å²) < 4.78 is 0. The Balaban J connectivity index is 1.46. The first-order chi connectivity index (χ1) is 12.5. The van der Waals surface area contributed by atoms with Gasteiger partial charge in [0.25, 0.3) is 0 Å². The third kappa shape index (κ3) is 4.89. The lowest BCUT2D eigenvalue weighted by molar-refractivity contribution is 0.191. The van der Waals surface area contributed by atoms with Gasteiger partial charge in [0.2, 0.25) is 0 Å². The number of hydrogen-bond acceptors (Lipinski definition) is 3. The van der Waals surface area contributed by atoms with E-state index in [9.17, 15) is 4.79 Å². The molecule has 0 aromatic carbocycles. The number of hydrogen-bond donors (Lipinski definition) is 2. The molecular weight excluding hydrogens is 324 g/mol. The van der Waals surface area contributed by atoms with E-state index < -0.39 is 0 Å². The zero-order valence-electron chi connectivity index (χ0n) is 16.5. The molecule has 2 fully saturated rings. The van der Waals surface area contributed by atoms with Gasteiger partial charge in [-0.2, -0.15) is 0 Å². The minimum Gasteiger partial charge on any atom is -0.356 e. The Morgan fingerprint density at radius 3 is 2.54 bits per heavy atom. The van der Waals surface area contributed by atoms with E-state index in [1.807, 2.05) is 13.0 Å². The highest BCUT2D eigenvalue weighted by Gasteiger charge is 2.29. The largest absolute Gasteiger partial charge is 0.356 e. The number of carbonyl (C=O) groups is 1. The summed E-state index contributed by atoms with van der Waals surface area (Å²) in [7, 11) is 0. The van der Waals surface area contributed by atoms with Crippen LogP contribution < -0.4 is 15.5 Å². The van der Waals surface area contributed by atoms with Crippen LogP contribution in [0.4, 0.5) is 10.6 Å². The van der Waals surface area contributed by atoms with Crippen molar-refractivity contribution in [1.29, 1.82) is 0 Å². The van der Waals surface area contributed by atoms with Gasteiger partial charge in [-0.05, 0) is 56.6 Å². The topological polar surface area (TPSA) is 57.3 Å². The van der Waals surface area contributed by atoms with Crippen LogP contribution in [-0.4, -0.2) is 36.2 Å². The van der Waals surface area contributed by atoms with Crippen molar-refractivity contribution in [3.8, 4) is 0 Å². The molecule has 144 valence electrons. The number of amides is 2. The molecule has 5 heteroatoms. The van der Waals surface area contributed by atoms with E-state index in [0.29, 0.717) is 17.9 Å². The van der Waals surface area contributed by atoms with Gasteiger partial charge in [-0.15, -0.1) is 0 Å². The second-order valence-corrected chi connectivity index (χ2v) is 8.32. The Bertz CT molecular complexity index is 595. The first-order valence-corrected chi connectivity index (χ1v) is 10.3. The number of nitrogens with one attached hydrogen (secondary N) is 2. The van der Waals surface area contributed by atoms with E-state index in [0.717, 1.165) is 43.9 Å². The smallest absolute Gasteiger partial charge is 0.315 e. The zero-order chi connectivity index (χ0) is 18.5. The molecule has 0 spiro atoms. The Labute approximate surface area is 157 Å². The Morgan fingerprint density at radius 2 is 1.85 bits per heavy atom. The van der Waals surface area contributed by atoms with Crippen LogP contribution in [0.5, 0.6) is 0 Å². The molecule has 2 unspecified atom stereocenters. The van der Waals surface area contributed by atoms with Crippen LogP contribution in [0.25, 0.3) is 0 Å². The van der Waals surface area contributed by atoms with Crippen molar-refractivity contribution in [2.45, 2.75) is 71.4 Å². The molecular formula is C21H34N4O. The van der Waals surface area contributed by atoms with Gasteiger partial charge < -0.3 is 15.5 Å². The van der Waals surface area contributed by atoms with Crippen molar-refractivity contribution in [3.63, 3.8) is 0 Å². The third-order valence-electron chi connectivity index (χ3n) is 6.02. The van der Waals surface area contributed by atoms with Gasteiger partial charge in [0.15, 0.2) is 0 Å². The van der Waals surface area contributed by atoms with E-state index >= 15 is 0 Å². The number of rotatable bonds is 4. The highest BCUT2D eigenvalue weighted by atomic mass is 16.2. The molecule has 1 saturated carbocycles. The van der Waals surface area contributed by atoms with E-state index in [1.165, 1.54) is 19.3 Å². The fourth-order valence-electron chi connectivity index (χ4n) is 4.49. The lowest BCUT2D eigenvalue weighted by atomic mass is 9.78. The molecule has 0 bridgehead atoms. The number of aryl methyl sites for hydroxylation is 1. The monoisotopic (exact) mass is 358 g/mol. The molecule has 26 heavy (non-hydrogen) atoms. The molecule has 2 aliphatic rings. The first kappa shape index (κ1) is 19.0. The third-order valence-corrected chi connectivity index (χ3v) is 6.02. The van der Waals surface area contributed by atoms with E-state index in [4.69, 9.17) is 0 Å². The lowest BCUT2D eigenvalue weighted by Crippen LogP contribution is -2.52. The number of aromatic nitrogens is 1. The summed E-state index contributed by atoms with van der Waals surface area (Å²) in [5, 5.41) is 6.48. The van der Waals surface area contributed by atoms with Crippen LogP contribution in [0.3, 0.4) is 0 Å². The zero-order valence-corrected chi connectivity index (χ0v) is 16.5. The SMILES string of the molecule is Cc1cccc(N2CCC(NC(=O)NC3CCCCC3C(C)C)CC2)n1. The Kier molecular flexibility index (Phi) is 6.38. The average molecular weight is 359 g/mol. The van der Waals surface area contributed by atoms with Gasteiger partial charge in [0.05, 0.1) is 0 Å². The molecule has 5 nitrogen and oxygen atoms in total. The summed E-state index contributed by atoms with van der Waals surface area (Å²) in [6, 6.07) is 6.78. The van der Waals surface area contributed by atoms with Crippen LogP contribution in [0.2, 0.25) is 0 Å². The number of anilines is 1. The Morgan fingerprint density at radius 1 is 1.12 bits per heavy atom. The van der Waals surface area contributed by atoms with Crippen molar-refractivity contribution < 1.29 is 4.79 Å². The van der Waals surface area contributed by atoms with Crippen molar-refractivity contribution in [2.75, 3.05) is 18.0 Å². The second kappa shape index (κ2) is 8.74. The Hall–Kier alpha value is -1.78. The van der Waals surface area contributed by atoms with E-state index in [1.54, 1.807) is 0 Å². The molecule has 1 aromatic rings. The van der Waals surface area contributed by atoms with Crippen LogP contribution in [0.15, 0.2) is 18.2 Å². The number of urea groups is 1. The molecule has 2 amide bonds. The van der Waals surface area contributed by atoms with Crippen molar-refractivity contribution in [1.82, 2.24) is 15.6 Å². The summed E-state index contributed by atoms with van der Waals surface area (Å²) in [6.07, 6.45) is 6.84. The van der Waals surface area contributed by atoms with Crippen LogP contribution in [0.1, 0.15) is 58.1 Å². The average Bonchev–Trinajstić information content (AvgIpc) is 2.62. The fourth-order valence-corrected chi connectivity index (χ4v) is 4.49. The summed E-state index contributed by atoms with van der Waals surface area (Å²) >= 11 is 0. The number of nitrogens with zero attached hydrogens (tertiary/aromatic N) is 2. The highest BCUT2D eigenvalue weighted by Crippen LogP contribution is 2.30. The minimum absolute atomic E-state index is 0.0229. The van der Waals surface area contributed by atoms with Gasteiger partial charge in [-0.1, -0.05) is 32.8 Å². The van der Waals surface area contributed by atoms with E-state index in [2.05, 4.69) is 46.5 Å². The van der Waals surface area contributed by atoms with Crippen LogP contribution >= 0.6 is 0 Å². The summed E-state index contributed by atoms with van der Waals surface area (Å²) in [5.41, 5.74) is 1.05. The molecule has 2 N–H and O–H groups in total. The normalized spacial score (nSPS) is 24.5. The van der Waals surface area contributed by atoms with Gasteiger partial charge >= 0.3 is 6.03 Å². The highest BCUT2D eigenvalue weighted by molar-refractivity contribution is 5.74. The first-order valence-electron chi connectivity index (χ1n) is 10.3. The van der Waals surface area contributed by atoms with Crippen molar-refractivity contribution in [3.05, 3.63) is 23.9 Å². The second-order valence-electron chi connectivity index (χ2n) is 8.32. The van der Waals surface area contributed by atoms with Gasteiger partial charge in [0.1, 0.15) is 5.82 Å². The molecule has 0 radical (unpaired) electrons. The fraction of sp³-hybridized carbons (Fsp3) is 0.714. The van der Waals surface area contributed by atoms with Crippen molar-refractivity contribution in [2.24, 2.45) is 11.8 Å². The maximum atomic E-state index is 12.5. The van der Waals surface area contributed by atoms with E-state index in [-0.39, 0.29) is 12.1 Å². The number of pyridine rings is 1. The number of carbonyl (C=O) groups excluding carboxylic acids is 1. The molecule has 1 saturated heterocycles. The quantitative estimate of drug-likeness (QED) is 0.859. The molecule has 2 atom stereocenters. The predicted octanol–water partition coefficient (Wildman–Crippen LogP) is 3.87. The molecule has 2 heterocycles. The summed E-state index contributed by atoms with van der Waals surface area (Å²) in [6.45, 7) is 8.46. The van der Waals surface area contributed by atoms with Crippen LogP contribution in [-0.2, 0) is 0 Å². The predicted molar refractivity (Wildman–Crippen MR) is 106 cm³/mol. The molecule has 1 aromatic heterocycles. The maximum absolute atomic E-state index is 12.5. The molecule has 1 aliphatic carbocycles. The van der Waals surface area contributed by atoms with Gasteiger partial charge in [-0.3, -0.25) is 0 Å². The number of piperidine rings is 1. The minimum atomic E-state index is 0.0229. The summed E-state index contributed by atoms with van der Waals surface area (Å²) in [4.78, 5) is 19.4. The summed E-state index contributed by atoms with van der Waals surface area (Å²) in [5.74, 6) is 2.30. The molecule has 3 rings (SSSR count). The van der Waals surface area contributed by atoms with Gasteiger partial charge in [0, 0.05) is 30.9 Å². The van der Waals surface area contributed by atoms with Crippen LogP contribution in [0, 0.1) is 18.8 Å². The van der Waals surface area contributed by atoms with Gasteiger partial charge in [-0.25, -0.2) is 9.78 Å². The maximum Gasteiger partial charge on any atom is 0.315 e. The van der Waals surface area contributed by atoms with Crippen molar-refractivity contribution >= 4 is 11.8 Å². The molecule has 1 aliphatic heterocycles.